The highest BCUT2D eigenvalue weighted by Gasteiger charge is 2.23. The molecule has 3 N–H and O–H groups in total. The van der Waals surface area contributed by atoms with Crippen molar-refractivity contribution in [1.29, 1.82) is 0 Å². The Balaban J connectivity index is 1.03. The number of H-pyrrole nitrogens is 1. The number of carbonyl (C=O) groups is 1. The summed E-state index contributed by atoms with van der Waals surface area (Å²) in [4.78, 5) is 21.3. The Kier molecular flexibility index (Phi) is 7.79. The largest absolute Gasteiger partial charge is 0.488 e. The second-order valence-electron chi connectivity index (χ2n) is 10.8. The predicted molar refractivity (Wildman–Crippen MR) is 152 cm³/mol. The summed E-state index contributed by atoms with van der Waals surface area (Å²) in [5.74, 6) is 0.619. The number of aliphatic hydroxyl groups excluding tert-OH is 1. The van der Waals surface area contributed by atoms with Gasteiger partial charge in [0.25, 0.3) is 5.91 Å². The number of piperidine rings is 2. The van der Waals surface area contributed by atoms with Crippen molar-refractivity contribution in [3.05, 3.63) is 65.0 Å². The van der Waals surface area contributed by atoms with E-state index in [1.807, 2.05) is 36.4 Å². The van der Waals surface area contributed by atoms with Gasteiger partial charge in [-0.3, -0.25) is 4.79 Å². The molecule has 2 fully saturated rings. The molecule has 0 radical (unpaired) electrons. The maximum absolute atomic E-state index is 13.1. The molecule has 8 nitrogen and oxygen atoms in total. The fraction of sp³-hybridized carbons (Fsp3) is 0.433. The van der Waals surface area contributed by atoms with E-state index in [0.29, 0.717) is 23.1 Å². The quantitative estimate of drug-likeness (QED) is 0.292. The molecule has 0 saturated carbocycles. The maximum Gasteiger partial charge on any atom is 0.267 e. The van der Waals surface area contributed by atoms with E-state index in [1.54, 1.807) is 12.3 Å². The monoisotopic (exact) mass is 550 g/mol. The van der Waals surface area contributed by atoms with Crippen LogP contribution in [0.4, 0.5) is 0 Å². The smallest absolute Gasteiger partial charge is 0.267 e. The van der Waals surface area contributed by atoms with Gasteiger partial charge in [0.15, 0.2) is 0 Å². The minimum Gasteiger partial charge on any atom is -0.488 e. The lowest BCUT2D eigenvalue weighted by atomic mass is 10.0. The van der Waals surface area contributed by atoms with Crippen LogP contribution in [0, 0.1) is 0 Å². The van der Waals surface area contributed by atoms with Crippen molar-refractivity contribution < 1.29 is 19.1 Å². The average Bonchev–Trinajstić information content (AvgIpc) is 3.57. The fourth-order valence-electron chi connectivity index (χ4n) is 5.69. The van der Waals surface area contributed by atoms with Crippen LogP contribution in [-0.4, -0.2) is 77.2 Å². The van der Waals surface area contributed by atoms with E-state index in [9.17, 15) is 9.90 Å². The highest BCUT2D eigenvalue weighted by Crippen LogP contribution is 2.30. The third kappa shape index (κ3) is 6.09. The van der Waals surface area contributed by atoms with Gasteiger partial charge in [0.2, 0.25) is 0 Å². The summed E-state index contributed by atoms with van der Waals surface area (Å²) in [5, 5.41) is 15.4. The van der Waals surface area contributed by atoms with Crippen LogP contribution >= 0.6 is 11.6 Å². The minimum atomic E-state index is -0.125. The average molecular weight is 551 g/mol. The van der Waals surface area contributed by atoms with Crippen molar-refractivity contribution >= 4 is 39.4 Å². The summed E-state index contributed by atoms with van der Waals surface area (Å²) in [7, 11) is 0. The molecule has 4 heterocycles. The van der Waals surface area contributed by atoms with Gasteiger partial charge in [-0.05, 0) is 62.1 Å². The lowest BCUT2D eigenvalue weighted by molar-refractivity contribution is 0.0729. The Morgan fingerprint density at radius 1 is 1.03 bits per heavy atom. The lowest BCUT2D eigenvalue weighted by Gasteiger charge is -2.35. The molecule has 6 rings (SSSR count). The molecule has 39 heavy (non-hydrogen) atoms. The zero-order valence-electron chi connectivity index (χ0n) is 22.0. The van der Waals surface area contributed by atoms with Gasteiger partial charge in [-0.15, -0.1) is 0 Å². The molecule has 2 aromatic carbocycles. The molecule has 0 bridgehead atoms. The molecule has 0 spiro atoms. The number of aliphatic hydroxyl groups is 1. The molecule has 0 atom stereocenters. The number of nitrogens with one attached hydrogen (secondary N) is 2. The number of hydrogen-bond donors (Lipinski definition) is 3. The number of ether oxygens (including phenoxy) is 1. The summed E-state index contributed by atoms with van der Waals surface area (Å²) in [6, 6.07) is 13.4. The van der Waals surface area contributed by atoms with E-state index >= 15 is 0 Å². The van der Waals surface area contributed by atoms with E-state index in [1.165, 1.54) is 0 Å². The van der Waals surface area contributed by atoms with E-state index in [-0.39, 0.29) is 18.1 Å². The number of carbonyl (C=O) groups excluding carboxylic acids is 1. The van der Waals surface area contributed by atoms with Crippen molar-refractivity contribution in [3.8, 4) is 5.75 Å². The SMILES string of the molecule is O=C(NC1CCN(CCN2CCC(O)CC2)CC1)c1cc2c(OCc3coc4ccc(Cl)cc34)cccc2[nH]1. The lowest BCUT2D eigenvalue weighted by Crippen LogP contribution is -2.47. The number of fused-ring (bicyclic) bond motifs is 2. The summed E-state index contributed by atoms with van der Waals surface area (Å²) in [5.41, 5.74) is 3.08. The number of rotatable bonds is 8. The van der Waals surface area contributed by atoms with Crippen LogP contribution in [0.3, 0.4) is 0 Å². The predicted octanol–water partition coefficient (Wildman–Crippen LogP) is 4.80. The highest BCUT2D eigenvalue weighted by molar-refractivity contribution is 6.31. The number of furan rings is 1. The molecule has 2 saturated heterocycles. The maximum atomic E-state index is 13.1. The first-order valence-corrected chi connectivity index (χ1v) is 14.2. The molecule has 2 aliphatic rings. The van der Waals surface area contributed by atoms with Gasteiger partial charge in [-0.25, -0.2) is 0 Å². The number of aromatic nitrogens is 1. The molecular formula is C30H35ClN4O4. The standard InChI is InChI=1S/C30H35ClN4O4/c31-21-4-5-29-24(16-21)20(19-39-29)18-38-28-3-1-2-26-25(28)17-27(33-26)30(37)32-22-6-10-34(11-7-22)14-15-35-12-8-23(36)9-13-35/h1-5,16-17,19,22-23,33,36H,6-15,18H2,(H,32,37). The van der Waals surface area contributed by atoms with Crippen molar-refractivity contribution in [3.63, 3.8) is 0 Å². The van der Waals surface area contributed by atoms with Crippen LogP contribution < -0.4 is 10.1 Å². The van der Waals surface area contributed by atoms with Crippen molar-refractivity contribution in [2.75, 3.05) is 39.3 Å². The molecule has 206 valence electrons. The van der Waals surface area contributed by atoms with Crippen molar-refractivity contribution in [1.82, 2.24) is 20.1 Å². The number of benzene rings is 2. The normalized spacial score (nSPS) is 18.2. The Bertz CT molecular complexity index is 1430. The van der Waals surface area contributed by atoms with E-state index in [2.05, 4.69) is 20.1 Å². The van der Waals surface area contributed by atoms with Crippen molar-refractivity contribution in [2.45, 2.75) is 44.4 Å². The first-order chi connectivity index (χ1) is 19.0. The van der Waals surface area contributed by atoms with Gasteiger partial charge >= 0.3 is 0 Å². The van der Waals surface area contributed by atoms with Crippen LogP contribution in [0.5, 0.6) is 5.75 Å². The number of halogens is 1. The number of aromatic amines is 1. The van der Waals surface area contributed by atoms with Crippen molar-refractivity contribution in [2.24, 2.45) is 0 Å². The Morgan fingerprint density at radius 2 is 1.77 bits per heavy atom. The topological polar surface area (TPSA) is 94.0 Å². The van der Waals surface area contributed by atoms with Gasteiger partial charge < -0.3 is 34.4 Å². The van der Waals surface area contributed by atoms with Gasteiger partial charge in [0, 0.05) is 72.2 Å². The van der Waals surface area contributed by atoms with E-state index in [4.69, 9.17) is 20.8 Å². The number of likely N-dealkylation sites (tertiary alicyclic amines) is 2. The molecular weight excluding hydrogens is 516 g/mol. The molecule has 2 aromatic heterocycles. The molecule has 0 aliphatic carbocycles. The highest BCUT2D eigenvalue weighted by atomic mass is 35.5. The number of amides is 1. The van der Waals surface area contributed by atoms with Crippen LogP contribution in [0.15, 0.2) is 53.1 Å². The second-order valence-corrected chi connectivity index (χ2v) is 11.2. The second kappa shape index (κ2) is 11.6. The molecule has 1 amide bonds. The summed E-state index contributed by atoms with van der Waals surface area (Å²) < 4.78 is 11.8. The zero-order valence-corrected chi connectivity index (χ0v) is 22.8. The van der Waals surface area contributed by atoms with Gasteiger partial charge in [0.1, 0.15) is 23.6 Å². The third-order valence-electron chi connectivity index (χ3n) is 8.08. The van der Waals surface area contributed by atoms with E-state index in [0.717, 1.165) is 92.4 Å². The zero-order chi connectivity index (χ0) is 26.8. The molecule has 0 unspecified atom stereocenters. The van der Waals surface area contributed by atoms with Gasteiger partial charge in [0.05, 0.1) is 12.4 Å². The Hall–Kier alpha value is -3.04. The molecule has 4 aromatic rings. The first-order valence-electron chi connectivity index (χ1n) is 13.9. The first kappa shape index (κ1) is 26.2. The summed E-state index contributed by atoms with van der Waals surface area (Å²) >= 11 is 6.16. The summed E-state index contributed by atoms with van der Waals surface area (Å²) in [6.07, 6.45) is 5.23. The number of nitrogens with zero attached hydrogens (tertiary/aromatic N) is 2. The Labute approximate surface area is 232 Å². The third-order valence-corrected chi connectivity index (χ3v) is 8.32. The van der Waals surface area contributed by atoms with Crippen LogP contribution in [-0.2, 0) is 6.61 Å². The summed E-state index contributed by atoms with van der Waals surface area (Å²) in [6.45, 7) is 6.37. The van der Waals surface area contributed by atoms with Gasteiger partial charge in [-0.2, -0.15) is 0 Å². The fourth-order valence-corrected chi connectivity index (χ4v) is 5.86. The minimum absolute atomic E-state index is 0.0852. The molecule has 9 heteroatoms. The van der Waals surface area contributed by atoms with Crippen LogP contribution in [0.1, 0.15) is 41.7 Å². The Morgan fingerprint density at radius 3 is 2.54 bits per heavy atom. The number of hydrogen-bond acceptors (Lipinski definition) is 6. The van der Waals surface area contributed by atoms with Crippen LogP contribution in [0.25, 0.3) is 21.9 Å². The van der Waals surface area contributed by atoms with E-state index < -0.39 is 0 Å². The molecule has 2 aliphatic heterocycles. The van der Waals surface area contributed by atoms with Gasteiger partial charge in [-0.1, -0.05) is 17.7 Å². The van der Waals surface area contributed by atoms with Crippen LogP contribution in [0.2, 0.25) is 5.02 Å².